The van der Waals surface area contributed by atoms with Crippen LogP contribution >= 0.6 is 11.8 Å². The Morgan fingerprint density at radius 3 is 2.47 bits per heavy atom. The predicted octanol–water partition coefficient (Wildman–Crippen LogP) is 6.59. The van der Waals surface area contributed by atoms with E-state index < -0.39 is 0 Å². The summed E-state index contributed by atoms with van der Waals surface area (Å²) >= 11 is 1.42. The summed E-state index contributed by atoms with van der Waals surface area (Å²) in [5.41, 5.74) is 2.92. The smallest absolute Gasteiger partial charge is 0.266 e. The topological polar surface area (TPSA) is 51.1 Å². The molecule has 170 valence electrons. The van der Waals surface area contributed by atoms with Crippen molar-refractivity contribution in [2.45, 2.75) is 53.5 Å². The molecule has 5 nitrogen and oxygen atoms in total. The summed E-state index contributed by atoms with van der Waals surface area (Å²) in [7, 11) is 0. The highest BCUT2D eigenvalue weighted by atomic mass is 32.2. The molecule has 2 aromatic carbocycles. The third kappa shape index (κ3) is 5.74. The first-order chi connectivity index (χ1) is 15.5. The molecule has 0 radical (unpaired) electrons. The number of carbonyl (C=O) groups is 1. The largest absolute Gasteiger partial charge is 0.490 e. The van der Waals surface area contributed by atoms with Crippen LogP contribution in [0.5, 0.6) is 11.5 Å². The minimum Gasteiger partial charge on any atom is -0.490 e. The number of thioether (sulfide) groups is 1. The fourth-order valence-electron chi connectivity index (χ4n) is 3.23. The maximum atomic E-state index is 13.3. The molecule has 0 bridgehead atoms. The second kappa shape index (κ2) is 11.2. The maximum Gasteiger partial charge on any atom is 0.266 e. The first-order valence-electron chi connectivity index (χ1n) is 11.2. The number of rotatable bonds is 9. The second-order valence-corrected chi connectivity index (χ2v) is 8.77. The van der Waals surface area contributed by atoms with Gasteiger partial charge in [0.25, 0.3) is 5.91 Å². The Kier molecular flexibility index (Phi) is 8.39. The summed E-state index contributed by atoms with van der Waals surface area (Å²) < 4.78 is 11.6. The monoisotopic (exact) mass is 452 g/mol. The van der Waals surface area contributed by atoms with E-state index in [1.165, 1.54) is 17.3 Å². The average Bonchev–Trinajstić information content (AvgIpc) is 3.09. The van der Waals surface area contributed by atoms with Crippen LogP contribution < -0.4 is 9.47 Å². The number of aliphatic imine (C=N–C) groups is 1. The van der Waals surface area contributed by atoms with E-state index in [2.05, 4.69) is 20.8 Å². The molecule has 1 atom stereocenters. The third-order valence-corrected chi connectivity index (χ3v) is 6.14. The van der Waals surface area contributed by atoms with E-state index in [-0.39, 0.29) is 11.9 Å². The van der Waals surface area contributed by atoms with Gasteiger partial charge in [0, 0.05) is 6.04 Å². The van der Waals surface area contributed by atoms with Gasteiger partial charge in [-0.2, -0.15) is 0 Å². The van der Waals surface area contributed by atoms with Crippen molar-refractivity contribution in [3.8, 4) is 11.5 Å². The van der Waals surface area contributed by atoms with Crippen molar-refractivity contribution in [2.75, 3.05) is 13.2 Å². The fourth-order valence-corrected chi connectivity index (χ4v) is 4.32. The van der Waals surface area contributed by atoms with Crippen molar-refractivity contribution in [3.63, 3.8) is 0 Å². The van der Waals surface area contributed by atoms with Gasteiger partial charge in [0.1, 0.15) is 0 Å². The quantitative estimate of drug-likeness (QED) is 0.403. The Bertz CT molecular complexity index is 999. The zero-order chi connectivity index (χ0) is 23.1. The number of nitrogens with zero attached hydrogens (tertiary/aromatic N) is 2. The van der Waals surface area contributed by atoms with Crippen molar-refractivity contribution >= 4 is 34.6 Å². The summed E-state index contributed by atoms with van der Waals surface area (Å²) in [6, 6.07) is 13.9. The van der Waals surface area contributed by atoms with Crippen LogP contribution in [0.2, 0.25) is 0 Å². The van der Waals surface area contributed by atoms with Gasteiger partial charge in [-0.25, -0.2) is 4.99 Å². The number of aryl methyl sites for hydroxylation is 1. The Morgan fingerprint density at radius 2 is 1.81 bits per heavy atom. The van der Waals surface area contributed by atoms with Crippen molar-refractivity contribution < 1.29 is 14.3 Å². The lowest BCUT2D eigenvalue weighted by molar-refractivity contribution is -0.123. The standard InChI is InChI=1S/C26H32N2O3S/c1-6-15-31-22-14-11-20(16-23(22)30-8-3)17-24-25(29)28(19(5)7-2)26(32-24)27-21-12-9-18(4)10-13-21/h9-14,16-17,19H,6-8,15H2,1-5H3/b24-17+,27-26?/t19-/m1/s1. The number of carbonyl (C=O) groups excluding carboxylic acids is 1. The molecular formula is C26H32N2O3S. The molecule has 0 saturated carbocycles. The van der Waals surface area contributed by atoms with Crippen molar-refractivity contribution in [2.24, 2.45) is 4.99 Å². The first kappa shape index (κ1) is 23.9. The molecule has 0 spiro atoms. The van der Waals surface area contributed by atoms with E-state index in [9.17, 15) is 4.79 Å². The average molecular weight is 453 g/mol. The molecule has 3 rings (SSSR count). The lowest BCUT2D eigenvalue weighted by atomic mass is 10.1. The summed E-state index contributed by atoms with van der Waals surface area (Å²) in [6.45, 7) is 11.4. The van der Waals surface area contributed by atoms with Gasteiger partial charge >= 0.3 is 0 Å². The minimum absolute atomic E-state index is 0.0144. The van der Waals surface area contributed by atoms with Crippen LogP contribution in [0.3, 0.4) is 0 Å². The van der Waals surface area contributed by atoms with Crippen LogP contribution in [0, 0.1) is 6.92 Å². The zero-order valence-corrected chi connectivity index (χ0v) is 20.4. The predicted molar refractivity (Wildman–Crippen MR) is 134 cm³/mol. The van der Waals surface area contributed by atoms with Gasteiger partial charge in [0.2, 0.25) is 0 Å². The number of benzene rings is 2. The molecule has 0 N–H and O–H groups in total. The molecule has 32 heavy (non-hydrogen) atoms. The summed E-state index contributed by atoms with van der Waals surface area (Å²) in [5.74, 6) is 1.40. The molecule has 1 saturated heterocycles. The molecule has 0 unspecified atom stereocenters. The minimum atomic E-state index is -0.0144. The van der Waals surface area contributed by atoms with E-state index in [0.717, 1.165) is 29.8 Å². The van der Waals surface area contributed by atoms with Crippen LogP contribution in [-0.4, -0.2) is 35.2 Å². The highest BCUT2D eigenvalue weighted by Gasteiger charge is 2.36. The number of amidine groups is 1. The van der Waals surface area contributed by atoms with Gasteiger partial charge in [-0.05, 0) is 81.3 Å². The van der Waals surface area contributed by atoms with Crippen molar-refractivity contribution in [1.82, 2.24) is 4.90 Å². The molecule has 1 aliphatic heterocycles. The number of hydrogen-bond acceptors (Lipinski definition) is 5. The van der Waals surface area contributed by atoms with Gasteiger partial charge in [0.15, 0.2) is 16.7 Å². The van der Waals surface area contributed by atoms with E-state index >= 15 is 0 Å². The van der Waals surface area contributed by atoms with E-state index in [4.69, 9.17) is 14.5 Å². The van der Waals surface area contributed by atoms with E-state index in [1.54, 1.807) is 4.90 Å². The third-order valence-electron chi connectivity index (χ3n) is 5.15. The van der Waals surface area contributed by atoms with Gasteiger partial charge in [-0.3, -0.25) is 9.69 Å². The van der Waals surface area contributed by atoms with Crippen LogP contribution in [-0.2, 0) is 4.79 Å². The Morgan fingerprint density at radius 1 is 1.06 bits per heavy atom. The molecule has 1 amide bonds. The van der Waals surface area contributed by atoms with Gasteiger partial charge < -0.3 is 9.47 Å². The number of amides is 1. The fraction of sp³-hybridized carbons (Fsp3) is 0.385. The van der Waals surface area contributed by atoms with E-state index in [1.807, 2.05) is 62.4 Å². The normalized spacial score (nSPS) is 17.3. The molecule has 0 aliphatic carbocycles. The lowest BCUT2D eigenvalue weighted by Crippen LogP contribution is -2.36. The highest BCUT2D eigenvalue weighted by Crippen LogP contribution is 2.37. The van der Waals surface area contributed by atoms with Crippen LogP contribution in [0.15, 0.2) is 52.4 Å². The molecule has 1 fully saturated rings. The zero-order valence-electron chi connectivity index (χ0n) is 19.6. The summed E-state index contributed by atoms with van der Waals surface area (Å²) in [4.78, 5) is 20.5. The first-order valence-corrected chi connectivity index (χ1v) is 12.1. The van der Waals surface area contributed by atoms with Crippen LogP contribution in [0.25, 0.3) is 6.08 Å². The molecule has 6 heteroatoms. The lowest BCUT2D eigenvalue weighted by Gasteiger charge is -2.22. The van der Waals surface area contributed by atoms with Crippen LogP contribution in [0.1, 0.15) is 51.7 Å². The number of ether oxygens (including phenoxy) is 2. The second-order valence-electron chi connectivity index (χ2n) is 7.76. The summed E-state index contributed by atoms with van der Waals surface area (Å²) in [6.07, 6.45) is 3.69. The molecule has 1 aliphatic rings. The molecule has 1 heterocycles. The Labute approximate surface area is 195 Å². The van der Waals surface area contributed by atoms with Crippen molar-refractivity contribution in [1.29, 1.82) is 0 Å². The Balaban J connectivity index is 1.94. The van der Waals surface area contributed by atoms with E-state index in [0.29, 0.717) is 29.0 Å². The highest BCUT2D eigenvalue weighted by molar-refractivity contribution is 8.18. The maximum absolute atomic E-state index is 13.3. The Hall–Kier alpha value is -2.73. The van der Waals surface area contributed by atoms with Gasteiger partial charge in [-0.15, -0.1) is 0 Å². The van der Waals surface area contributed by atoms with Crippen molar-refractivity contribution in [3.05, 3.63) is 58.5 Å². The van der Waals surface area contributed by atoms with Gasteiger partial charge in [0.05, 0.1) is 23.8 Å². The molecular weight excluding hydrogens is 420 g/mol. The number of hydrogen-bond donors (Lipinski definition) is 0. The molecule has 2 aromatic rings. The van der Waals surface area contributed by atoms with Gasteiger partial charge in [-0.1, -0.05) is 37.6 Å². The summed E-state index contributed by atoms with van der Waals surface area (Å²) in [5, 5.41) is 0.715. The SMILES string of the molecule is CCCOc1ccc(/C=C2/SC(=Nc3ccc(C)cc3)N([C@H](C)CC)C2=O)cc1OCC. The van der Waals surface area contributed by atoms with Crippen LogP contribution in [0.4, 0.5) is 5.69 Å². The molecule has 0 aromatic heterocycles.